The standard InChI is InChI=1S/C13H17ClN4O2S/c1-18(2)21(19,20)6-5-10-7-11(14)3-4-12(10)17-13-8-15-9-16-13/h3-4,7-9,17H,5-6H2,1-2H3,(H,15,16). The van der Waals surface area contributed by atoms with Gasteiger partial charge in [0.2, 0.25) is 10.0 Å². The van der Waals surface area contributed by atoms with Crippen molar-refractivity contribution in [2.75, 3.05) is 25.2 Å². The van der Waals surface area contributed by atoms with E-state index in [1.807, 2.05) is 6.07 Å². The van der Waals surface area contributed by atoms with Crippen LogP contribution in [0, 0.1) is 0 Å². The maximum atomic E-state index is 11.9. The fourth-order valence-corrected chi connectivity index (χ4v) is 2.82. The lowest BCUT2D eigenvalue weighted by molar-refractivity contribution is 0.520. The van der Waals surface area contributed by atoms with Gasteiger partial charge in [0.15, 0.2) is 0 Å². The summed E-state index contributed by atoms with van der Waals surface area (Å²) in [6.07, 6.45) is 3.58. The minimum absolute atomic E-state index is 0.0258. The number of aromatic nitrogens is 2. The van der Waals surface area contributed by atoms with Crippen LogP contribution in [0.3, 0.4) is 0 Å². The summed E-state index contributed by atoms with van der Waals surface area (Å²) in [5.74, 6) is 0.756. The lowest BCUT2D eigenvalue weighted by Crippen LogP contribution is -2.26. The van der Waals surface area contributed by atoms with E-state index in [-0.39, 0.29) is 5.75 Å². The first-order valence-electron chi connectivity index (χ1n) is 6.32. The second-order valence-corrected chi connectivity index (χ2v) is 7.48. The molecule has 2 N–H and O–H groups in total. The number of aromatic amines is 1. The molecule has 0 atom stereocenters. The van der Waals surface area contributed by atoms with Crippen molar-refractivity contribution in [1.82, 2.24) is 14.3 Å². The van der Waals surface area contributed by atoms with E-state index in [2.05, 4.69) is 15.3 Å². The molecule has 0 radical (unpaired) electrons. The predicted molar refractivity (Wildman–Crippen MR) is 84.5 cm³/mol. The molecule has 0 spiro atoms. The summed E-state index contributed by atoms with van der Waals surface area (Å²) >= 11 is 6.00. The van der Waals surface area contributed by atoms with Crippen molar-refractivity contribution in [3.63, 3.8) is 0 Å². The Hall–Kier alpha value is -1.57. The van der Waals surface area contributed by atoms with Gasteiger partial charge < -0.3 is 10.3 Å². The van der Waals surface area contributed by atoms with Crippen LogP contribution in [0.4, 0.5) is 11.5 Å². The summed E-state index contributed by atoms with van der Waals surface area (Å²) in [5.41, 5.74) is 1.64. The van der Waals surface area contributed by atoms with Gasteiger partial charge in [-0.1, -0.05) is 11.6 Å². The van der Waals surface area contributed by atoms with Gasteiger partial charge in [-0.2, -0.15) is 0 Å². The molecule has 21 heavy (non-hydrogen) atoms. The number of hydrogen-bond donors (Lipinski definition) is 2. The van der Waals surface area contributed by atoms with Crippen molar-refractivity contribution in [3.8, 4) is 0 Å². The molecule has 6 nitrogen and oxygen atoms in total. The molecule has 0 aliphatic carbocycles. The molecule has 2 aromatic rings. The summed E-state index contributed by atoms with van der Waals surface area (Å²) in [5, 5.41) is 3.73. The smallest absolute Gasteiger partial charge is 0.213 e. The quantitative estimate of drug-likeness (QED) is 0.852. The highest BCUT2D eigenvalue weighted by Crippen LogP contribution is 2.24. The minimum atomic E-state index is -3.25. The first-order valence-corrected chi connectivity index (χ1v) is 8.31. The third-order valence-corrected chi connectivity index (χ3v) is 5.09. The molecule has 0 amide bonds. The Labute approximate surface area is 129 Å². The molecule has 0 aliphatic heterocycles. The van der Waals surface area contributed by atoms with E-state index in [1.54, 1.807) is 24.7 Å². The second-order valence-electron chi connectivity index (χ2n) is 4.74. The molecule has 2 rings (SSSR count). The Morgan fingerprint density at radius 3 is 2.76 bits per heavy atom. The fraction of sp³-hybridized carbons (Fsp3) is 0.308. The molecule has 114 valence electrons. The van der Waals surface area contributed by atoms with Gasteiger partial charge in [0.05, 0.1) is 18.3 Å². The van der Waals surface area contributed by atoms with E-state index in [9.17, 15) is 8.42 Å². The molecule has 0 saturated heterocycles. The molecule has 0 aliphatic rings. The Balaban J connectivity index is 2.19. The predicted octanol–water partition coefficient (Wildman–Crippen LogP) is 2.24. The van der Waals surface area contributed by atoms with Crippen LogP contribution in [0.25, 0.3) is 0 Å². The van der Waals surface area contributed by atoms with E-state index in [0.717, 1.165) is 17.1 Å². The van der Waals surface area contributed by atoms with Crippen molar-refractivity contribution < 1.29 is 8.42 Å². The zero-order chi connectivity index (χ0) is 15.5. The van der Waals surface area contributed by atoms with Gasteiger partial charge in [0, 0.05) is 24.8 Å². The van der Waals surface area contributed by atoms with Crippen LogP contribution in [0.2, 0.25) is 5.02 Å². The van der Waals surface area contributed by atoms with Gasteiger partial charge >= 0.3 is 0 Å². The van der Waals surface area contributed by atoms with Crippen molar-refractivity contribution in [3.05, 3.63) is 41.3 Å². The molecule has 1 heterocycles. The molecule has 0 unspecified atom stereocenters. The summed E-state index contributed by atoms with van der Waals surface area (Å²) in [7, 11) is -0.196. The number of rotatable bonds is 6. The molecule has 8 heteroatoms. The summed E-state index contributed by atoms with van der Waals surface area (Å²) in [6.45, 7) is 0. The van der Waals surface area contributed by atoms with Gasteiger partial charge in [0.25, 0.3) is 0 Å². The first kappa shape index (κ1) is 15.8. The zero-order valence-electron chi connectivity index (χ0n) is 11.8. The lowest BCUT2D eigenvalue weighted by atomic mass is 10.1. The Kier molecular flexibility index (Phi) is 4.87. The number of halogens is 1. The molecule has 0 fully saturated rings. The number of hydrogen-bond acceptors (Lipinski definition) is 4. The first-order chi connectivity index (χ1) is 9.88. The van der Waals surface area contributed by atoms with Crippen LogP contribution in [-0.2, 0) is 16.4 Å². The van der Waals surface area contributed by atoms with E-state index >= 15 is 0 Å². The molecule has 1 aromatic carbocycles. The average molecular weight is 329 g/mol. The number of anilines is 2. The maximum Gasteiger partial charge on any atom is 0.213 e. The van der Waals surface area contributed by atoms with Gasteiger partial charge in [-0.3, -0.25) is 0 Å². The number of nitrogens with one attached hydrogen (secondary N) is 2. The van der Waals surface area contributed by atoms with E-state index < -0.39 is 10.0 Å². The Morgan fingerprint density at radius 1 is 1.38 bits per heavy atom. The fourth-order valence-electron chi connectivity index (χ4n) is 1.78. The van der Waals surface area contributed by atoms with Crippen LogP contribution in [0.1, 0.15) is 5.56 Å². The Bertz CT molecular complexity index is 699. The number of H-pyrrole nitrogens is 1. The highest BCUT2D eigenvalue weighted by Gasteiger charge is 2.15. The molecule has 0 bridgehead atoms. The summed E-state index contributed by atoms with van der Waals surface area (Å²) < 4.78 is 25.0. The normalized spacial score (nSPS) is 11.8. The third-order valence-electron chi connectivity index (χ3n) is 3.02. The Morgan fingerprint density at radius 2 is 2.14 bits per heavy atom. The van der Waals surface area contributed by atoms with E-state index in [0.29, 0.717) is 11.4 Å². The van der Waals surface area contributed by atoms with Gasteiger partial charge in [-0.05, 0) is 30.2 Å². The number of sulfonamides is 1. The molecular formula is C13H17ClN4O2S. The van der Waals surface area contributed by atoms with E-state index in [4.69, 9.17) is 11.6 Å². The van der Waals surface area contributed by atoms with Crippen molar-refractivity contribution in [1.29, 1.82) is 0 Å². The highest BCUT2D eigenvalue weighted by molar-refractivity contribution is 7.89. The summed E-state index contributed by atoms with van der Waals surface area (Å²) in [6, 6.07) is 5.34. The number of aryl methyl sites for hydroxylation is 1. The van der Waals surface area contributed by atoms with Crippen molar-refractivity contribution in [2.45, 2.75) is 6.42 Å². The van der Waals surface area contributed by atoms with Gasteiger partial charge in [-0.15, -0.1) is 0 Å². The van der Waals surface area contributed by atoms with Crippen LogP contribution >= 0.6 is 11.6 Å². The zero-order valence-corrected chi connectivity index (χ0v) is 13.4. The van der Waals surface area contributed by atoms with Gasteiger partial charge in [0.1, 0.15) is 5.82 Å². The second kappa shape index (κ2) is 6.46. The number of imidazole rings is 1. The SMILES string of the molecule is CN(C)S(=O)(=O)CCc1cc(Cl)ccc1Nc1cnc[nH]1. The molecule has 0 saturated carbocycles. The topological polar surface area (TPSA) is 78.1 Å². The van der Waals surface area contributed by atoms with Crippen molar-refractivity contribution in [2.24, 2.45) is 0 Å². The summed E-state index contributed by atoms with van der Waals surface area (Å²) in [4.78, 5) is 6.86. The largest absolute Gasteiger partial charge is 0.340 e. The monoisotopic (exact) mass is 328 g/mol. The number of benzene rings is 1. The average Bonchev–Trinajstić information content (AvgIpc) is 2.92. The molecule has 1 aromatic heterocycles. The van der Waals surface area contributed by atoms with E-state index in [1.165, 1.54) is 18.4 Å². The minimum Gasteiger partial charge on any atom is -0.340 e. The number of nitrogens with zero attached hydrogens (tertiary/aromatic N) is 2. The molecular weight excluding hydrogens is 312 g/mol. The van der Waals surface area contributed by atoms with Crippen LogP contribution in [-0.4, -0.2) is 42.5 Å². The van der Waals surface area contributed by atoms with Crippen LogP contribution < -0.4 is 5.32 Å². The third kappa shape index (κ3) is 4.20. The maximum absolute atomic E-state index is 11.9. The highest BCUT2D eigenvalue weighted by atomic mass is 35.5. The van der Waals surface area contributed by atoms with Crippen LogP contribution in [0.5, 0.6) is 0 Å². The van der Waals surface area contributed by atoms with Gasteiger partial charge in [-0.25, -0.2) is 17.7 Å². The van der Waals surface area contributed by atoms with Crippen LogP contribution in [0.15, 0.2) is 30.7 Å². The van der Waals surface area contributed by atoms with Crippen molar-refractivity contribution >= 4 is 33.1 Å². The lowest BCUT2D eigenvalue weighted by Gasteiger charge is -2.14.